The van der Waals surface area contributed by atoms with E-state index in [9.17, 15) is 9.59 Å². The molecule has 2 aromatic rings. The van der Waals surface area contributed by atoms with Gasteiger partial charge in [0, 0.05) is 12.6 Å². The molecule has 4 heteroatoms. The first-order chi connectivity index (χ1) is 10.7. The molecule has 0 saturated heterocycles. The van der Waals surface area contributed by atoms with E-state index in [4.69, 9.17) is 4.74 Å². The molecule has 0 spiro atoms. The zero-order valence-corrected chi connectivity index (χ0v) is 12.1. The number of carbonyl (C=O) groups is 2. The van der Waals surface area contributed by atoms with Crippen molar-refractivity contribution in [2.45, 2.75) is 6.54 Å². The van der Waals surface area contributed by atoms with Crippen molar-refractivity contribution in [3.05, 3.63) is 77.9 Å². The first-order valence-electron chi connectivity index (χ1n) is 6.94. The predicted molar refractivity (Wildman–Crippen MR) is 84.7 cm³/mol. The second-order valence-electron chi connectivity index (χ2n) is 4.61. The fraction of sp³-hybridized carbons (Fsp3) is 0.111. The predicted octanol–water partition coefficient (Wildman–Crippen LogP) is 2.56. The van der Waals surface area contributed by atoms with Crippen LogP contribution >= 0.6 is 0 Å². The lowest BCUT2D eigenvalue weighted by Crippen LogP contribution is -2.28. The molecule has 22 heavy (non-hydrogen) atoms. The number of nitrogens with one attached hydrogen (secondary N) is 1. The molecule has 0 radical (unpaired) electrons. The quantitative estimate of drug-likeness (QED) is 0.658. The second kappa shape index (κ2) is 8.42. The molecular weight excluding hydrogens is 278 g/mol. The summed E-state index contributed by atoms with van der Waals surface area (Å²) >= 11 is 0. The van der Waals surface area contributed by atoms with Crippen LogP contribution in [0.2, 0.25) is 0 Å². The van der Waals surface area contributed by atoms with Gasteiger partial charge in [0.1, 0.15) is 0 Å². The van der Waals surface area contributed by atoms with E-state index in [1.54, 1.807) is 6.08 Å². The molecule has 2 rings (SSSR count). The number of benzene rings is 2. The molecule has 0 heterocycles. The third-order valence-corrected chi connectivity index (χ3v) is 2.89. The minimum absolute atomic E-state index is 0.287. The summed E-state index contributed by atoms with van der Waals surface area (Å²) in [5.41, 5.74) is 1.89. The van der Waals surface area contributed by atoms with Gasteiger partial charge >= 0.3 is 5.97 Å². The monoisotopic (exact) mass is 295 g/mol. The van der Waals surface area contributed by atoms with E-state index in [-0.39, 0.29) is 12.5 Å². The third-order valence-electron chi connectivity index (χ3n) is 2.89. The summed E-state index contributed by atoms with van der Waals surface area (Å²) < 4.78 is 4.88. The van der Waals surface area contributed by atoms with Gasteiger partial charge in [-0.1, -0.05) is 60.7 Å². The fourth-order valence-electron chi connectivity index (χ4n) is 1.76. The Labute approximate surface area is 129 Å². The van der Waals surface area contributed by atoms with Crippen molar-refractivity contribution in [2.75, 3.05) is 6.61 Å². The van der Waals surface area contributed by atoms with Crippen molar-refractivity contribution in [1.82, 2.24) is 5.32 Å². The van der Waals surface area contributed by atoms with Crippen LogP contribution in [0, 0.1) is 0 Å². The Bertz CT molecular complexity index is 636. The van der Waals surface area contributed by atoms with E-state index in [1.165, 1.54) is 6.08 Å². The summed E-state index contributed by atoms with van der Waals surface area (Å²) in [5, 5.41) is 2.69. The molecule has 0 bridgehead atoms. The summed E-state index contributed by atoms with van der Waals surface area (Å²) in [7, 11) is 0. The average Bonchev–Trinajstić information content (AvgIpc) is 2.58. The number of carbonyl (C=O) groups excluding carboxylic acids is 2. The van der Waals surface area contributed by atoms with Gasteiger partial charge in [0.15, 0.2) is 6.61 Å². The van der Waals surface area contributed by atoms with Crippen molar-refractivity contribution < 1.29 is 14.3 Å². The largest absolute Gasteiger partial charge is 0.452 e. The summed E-state index contributed by atoms with van der Waals surface area (Å²) in [5.74, 6) is -0.871. The highest BCUT2D eigenvalue weighted by Crippen LogP contribution is 2.01. The van der Waals surface area contributed by atoms with Crippen LogP contribution < -0.4 is 5.32 Å². The lowest BCUT2D eigenvalue weighted by Gasteiger charge is -2.05. The number of rotatable bonds is 6. The Morgan fingerprint density at radius 2 is 1.59 bits per heavy atom. The average molecular weight is 295 g/mol. The maximum atomic E-state index is 11.6. The van der Waals surface area contributed by atoms with Crippen LogP contribution in [-0.2, 0) is 20.9 Å². The number of amides is 1. The zero-order valence-electron chi connectivity index (χ0n) is 12.1. The molecule has 0 aromatic heterocycles. The smallest absolute Gasteiger partial charge is 0.331 e. The van der Waals surface area contributed by atoms with E-state index in [1.807, 2.05) is 60.7 Å². The Kier molecular flexibility index (Phi) is 5.93. The van der Waals surface area contributed by atoms with Gasteiger partial charge in [-0.05, 0) is 17.2 Å². The van der Waals surface area contributed by atoms with Crippen LogP contribution in [0.4, 0.5) is 0 Å². The maximum Gasteiger partial charge on any atom is 0.331 e. The number of hydrogen-bond acceptors (Lipinski definition) is 3. The van der Waals surface area contributed by atoms with Gasteiger partial charge in [-0.2, -0.15) is 0 Å². The fourth-order valence-corrected chi connectivity index (χ4v) is 1.76. The molecule has 112 valence electrons. The number of esters is 1. The first kappa shape index (κ1) is 15.5. The molecule has 0 aliphatic heterocycles. The Morgan fingerprint density at radius 1 is 0.955 bits per heavy atom. The van der Waals surface area contributed by atoms with Crippen LogP contribution in [0.1, 0.15) is 11.1 Å². The van der Waals surface area contributed by atoms with Crippen molar-refractivity contribution in [3.8, 4) is 0 Å². The normalized spacial score (nSPS) is 10.4. The topological polar surface area (TPSA) is 55.4 Å². The van der Waals surface area contributed by atoms with Crippen LogP contribution in [-0.4, -0.2) is 18.5 Å². The van der Waals surface area contributed by atoms with E-state index < -0.39 is 5.97 Å². The highest BCUT2D eigenvalue weighted by molar-refractivity contribution is 5.89. The van der Waals surface area contributed by atoms with Crippen LogP contribution in [0.3, 0.4) is 0 Å². The second-order valence-corrected chi connectivity index (χ2v) is 4.61. The van der Waals surface area contributed by atoms with Crippen molar-refractivity contribution in [3.63, 3.8) is 0 Å². The molecule has 0 aliphatic carbocycles. The summed E-state index contributed by atoms with van der Waals surface area (Å²) in [4.78, 5) is 23.1. The molecule has 1 N–H and O–H groups in total. The molecule has 2 aromatic carbocycles. The third kappa shape index (κ3) is 5.63. The van der Waals surface area contributed by atoms with E-state index in [0.717, 1.165) is 11.1 Å². The van der Waals surface area contributed by atoms with Crippen molar-refractivity contribution in [1.29, 1.82) is 0 Å². The van der Waals surface area contributed by atoms with E-state index in [0.29, 0.717) is 6.54 Å². The standard InChI is InChI=1S/C18H17NO3/c20-17(19-13-16-9-5-2-6-10-16)14-22-18(21)12-11-15-7-3-1-4-8-15/h1-12H,13-14H2,(H,19,20). The Balaban J connectivity index is 1.69. The summed E-state index contributed by atoms with van der Waals surface area (Å²) in [6.45, 7) is 0.127. The molecular formula is C18H17NO3. The number of hydrogen-bond donors (Lipinski definition) is 1. The molecule has 1 amide bonds. The zero-order chi connectivity index (χ0) is 15.6. The van der Waals surface area contributed by atoms with Gasteiger partial charge in [0.25, 0.3) is 5.91 Å². The van der Waals surface area contributed by atoms with Crippen molar-refractivity contribution >= 4 is 18.0 Å². The molecule has 4 nitrogen and oxygen atoms in total. The van der Waals surface area contributed by atoms with Gasteiger partial charge in [0.05, 0.1) is 0 Å². The lowest BCUT2D eigenvalue weighted by atomic mass is 10.2. The van der Waals surface area contributed by atoms with Gasteiger partial charge in [-0.25, -0.2) is 4.79 Å². The van der Waals surface area contributed by atoms with Gasteiger partial charge in [-0.15, -0.1) is 0 Å². The molecule has 0 unspecified atom stereocenters. The van der Waals surface area contributed by atoms with Crippen LogP contribution in [0.25, 0.3) is 6.08 Å². The van der Waals surface area contributed by atoms with Gasteiger partial charge in [-0.3, -0.25) is 4.79 Å². The summed E-state index contributed by atoms with van der Waals surface area (Å²) in [6, 6.07) is 18.9. The molecule has 0 aliphatic rings. The van der Waals surface area contributed by atoms with E-state index in [2.05, 4.69) is 5.32 Å². The van der Waals surface area contributed by atoms with Crippen LogP contribution in [0.15, 0.2) is 66.7 Å². The lowest BCUT2D eigenvalue weighted by molar-refractivity contribution is -0.143. The SMILES string of the molecule is O=C(COC(=O)C=Cc1ccccc1)NCc1ccccc1. The molecule has 0 fully saturated rings. The minimum Gasteiger partial charge on any atom is -0.452 e. The maximum absolute atomic E-state index is 11.6. The van der Waals surface area contributed by atoms with E-state index >= 15 is 0 Å². The highest BCUT2D eigenvalue weighted by Gasteiger charge is 2.04. The van der Waals surface area contributed by atoms with Gasteiger partial charge < -0.3 is 10.1 Å². The summed E-state index contributed by atoms with van der Waals surface area (Å²) in [6.07, 6.45) is 2.95. The Morgan fingerprint density at radius 3 is 2.27 bits per heavy atom. The van der Waals surface area contributed by atoms with Crippen LogP contribution in [0.5, 0.6) is 0 Å². The Hall–Kier alpha value is -2.88. The minimum atomic E-state index is -0.543. The highest BCUT2D eigenvalue weighted by atomic mass is 16.5. The molecule has 0 saturated carbocycles. The van der Waals surface area contributed by atoms with Gasteiger partial charge in [0.2, 0.25) is 0 Å². The molecule has 0 atom stereocenters. The number of ether oxygens (including phenoxy) is 1. The first-order valence-corrected chi connectivity index (χ1v) is 6.94. The van der Waals surface area contributed by atoms with Crippen molar-refractivity contribution in [2.24, 2.45) is 0 Å².